The molecule has 0 fully saturated rings. The number of thiazole rings is 1. The van der Waals surface area contributed by atoms with Crippen LogP contribution in [-0.2, 0) is 0 Å². The predicted octanol–water partition coefficient (Wildman–Crippen LogP) is 3.50. The van der Waals surface area contributed by atoms with Crippen LogP contribution in [0.25, 0.3) is 11.3 Å². The molecule has 7 nitrogen and oxygen atoms in total. The third-order valence-electron chi connectivity index (χ3n) is 4.34. The highest BCUT2D eigenvalue weighted by molar-refractivity contribution is 7.07. The first-order valence-electron chi connectivity index (χ1n) is 9.22. The van der Waals surface area contributed by atoms with E-state index in [1.807, 2.05) is 30.5 Å². The maximum atomic E-state index is 9.78. The summed E-state index contributed by atoms with van der Waals surface area (Å²) in [6.45, 7) is 3.74. The third-order valence-corrected chi connectivity index (χ3v) is 5.20. The van der Waals surface area contributed by atoms with Crippen LogP contribution >= 0.6 is 11.3 Å². The van der Waals surface area contributed by atoms with Gasteiger partial charge in [0.25, 0.3) is 0 Å². The lowest BCUT2D eigenvalue weighted by Crippen LogP contribution is -2.15. The second-order valence-corrected chi connectivity index (χ2v) is 7.06. The highest BCUT2D eigenvalue weighted by atomic mass is 32.1. The van der Waals surface area contributed by atoms with E-state index in [1.165, 1.54) is 18.4 Å². The molecule has 0 atom stereocenters. The zero-order valence-corrected chi connectivity index (χ0v) is 17.0. The second kappa shape index (κ2) is 8.40. The average molecular weight is 411 g/mol. The molecule has 0 spiro atoms. The Hall–Kier alpha value is -3.26. The van der Waals surface area contributed by atoms with E-state index in [0.29, 0.717) is 25.5 Å². The molecule has 4 rings (SSSR count). The fourth-order valence-electron chi connectivity index (χ4n) is 2.95. The summed E-state index contributed by atoms with van der Waals surface area (Å²) in [7, 11) is 1.52. The number of aromatic nitrogens is 1. The number of ether oxygens (including phenoxy) is 3. The molecule has 150 valence electrons. The molecule has 0 saturated carbocycles. The van der Waals surface area contributed by atoms with Crippen LogP contribution < -0.4 is 19.0 Å². The van der Waals surface area contributed by atoms with Gasteiger partial charge < -0.3 is 19.3 Å². The molecule has 0 radical (unpaired) electrons. The Bertz CT molecular complexity index is 1120. The van der Waals surface area contributed by atoms with Crippen molar-refractivity contribution >= 4 is 17.6 Å². The van der Waals surface area contributed by atoms with Crippen LogP contribution in [0.5, 0.6) is 23.0 Å². The van der Waals surface area contributed by atoms with Crippen LogP contribution in [0.15, 0.2) is 51.9 Å². The van der Waals surface area contributed by atoms with Gasteiger partial charge in [0.1, 0.15) is 13.2 Å². The van der Waals surface area contributed by atoms with E-state index in [2.05, 4.69) is 10.1 Å². The SMILES string of the molecule is CCN=c1scc(-c2ccc3c(c2)OCCO3)n1/N=C/c1ccc(O)c(OC)c1. The number of fused-ring (bicyclic) bond motifs is 1. The van der Waals surface area contributed by atoms with Crippen LogP contribution in [0, 0.1) is 0 Å². The van der Waals surface area contributed by atoms with Gasteiger partial charge in [0.2, 0.25) is 4.80 Å². The van der Waals surface area contributed by atoms with Crippen molar-refractivity contribution in [3.63, 3.8) is 0 Å². The molecule has 2 aromatic carbocycles. The van der Waals surface area contributed by atoms with Gasteiger partial charge in [-0.2, -0.15) is 5.10 Å². The molecular weight excluding hydrogens is 390 g/mol. The van der Waals surface area contributed by atoms with Crippen LogP contribution in [0.2, 0.25) is 0 Å². The minimum Gasteiger partial charge on any atom is -0.504 e. The average Bonchev–Trinajstić information content (AvgIpc) is 3.15. The maximum Gasteiger partial charge on any atom is 0.206 e. The summed E-state index contributed by atoms with van der Waals surface area (Å²) in [5.74, 6) is 1.97. The molecule has 1 aliphatic rings. The van der Waals surface area contributed by atoms with Gasteiger partial charge in [-0.1, -0.05) is 0 Å². The molecule has 0 saturated heterocycles. The van der Waals surface area contributed by atoms with Crippen LogP contribution in [0.4, 0.5) is 0 Å². The normalized spacial score (nSPS) is 13.8. The lowest BCUT2D eigenvalue weighted by molar-refractivity contribution is 0.171. The summed E-state index contributed by atoms with van der Waals surface area (Å²) in [5.41, 5.74) is 2.67. The van der Waals surface area contributed by atoms with E-state index < -0.39 is 0 Å². The van der Waals surface area contributed by atoms with Gasteiger partial charge in [-0.3, -0.25) is 4.99 Å². The van der Waals surface area contributed by atoms with Gasteiger partial charge >= 0.3 is 0 Å². The summed E-state index contributed by atoms with van der Waals surface area (Å²) in [5, 5.41) is 16.5. The van der Waals surface area contributed by atoms with Gasteiger partial charge in [-0.15, -0.1) is 11.3 Å². The maximum absolute atomic E-state index is 9.78. The fourth-order valence-corrected chi connectivity index (χ4v) is 3.86. The first kappa shape index (κ1) is 19.1. The zero-order chi connectivity index (χ0) is 20.2. The lowest BCUT2D eigenvalue weighted by atomic mass is 10.1. The fraction of sp³-hybridized carbons (Fsp3) is 0.238. The van der Waals surface area contributed by atoms with E-state index in [4.69, 9.17) is 14.2 Å². The highest BCUT2D eigenvalue weighted by Crippen LogP contribution is 2.34. The van der Waals surface area contributed by atoms with Crippen molar-refractivity contribution in [1.29, 1.82) is 0 Å². The zero-order valence-electron chi connectivity index (χ0n) is 16.2. The highest BCUT2D eigenvalue weighted by Gasteiger charge is 2.15. The van der Waals surface area contributed by atoms with Gasteiger partial charge in [0, 0.05) is 17.5 Å². The molecular formula is C21H21N3O4S. The van der Waals surface area contributed by atoms with Crippen molar-refractivity contribution in [2.24, 2.45) is 10.1 Å². The lowest BCUT2D eigenvalue weighted by Gasteiger charge is -2.18. The van der Waals surface area contributed by atoms with E-state index in [0.717, 1.165) is 33.1 Å². The van der Waals surface area contributed by atoms with E-state index in [-0.39, 0.29) is 5.75 Å². The van der Waals surface area contributed by atoms with Crippen molar-refractivity contribution in [3.8, 4) is 34.3 Å². The Kier molecular flexibility index (Phi) is 5.53. The van der Waals surface area contributed by atoms with E-state index in [1.54, 1.807) is 29.1 Å². The van der Waals surface area contributed by atoms with Gasteiger partial charge in [-0.25, -0.2) is 4.68 Å². The summed E-state index contributed by atoms with van der Waals surface area (Å²) >= 11 is 1.52. The number of phenols is 1. The number of benzene rings is 2. The number of nitrogens with zero attached hydrogens (tertiary/aromatic N) is 3. The van der Waals surface area contributed by atoms with Crippen molar-refractivity contribution in [2.45, 2.75) is 6.92 Å². The van der Waals surface area contributed by atoms with Crippen LogP contribution in [-0.4, -0.2) is 42.9 Å². The summed E-state index contributed by atoms with van der Waals surface area (Å²) in [6.07, 6.45) is 1.71. The van der Waals surface area contributed by atoms with Gasteiger partial charge in [0.05, 0.1) is 19.0 Å². The summed E-state index contributed by atoms with van der Waals surface area (Å²) in [4.78, 5) is 5.34. The van der Waals surface area contributed by atoms with Crippen LogP contribution in [0.3, 0.4) is 0 Å². The van der Waals surface area contributed by atoms with Crippen LogP contribution in [0.1, 0.15) is 12.5 Å². The Balaban J connectivity index is 1.75. The minimum atomic E-state index is 0.0893. The molecule has 2 heterocycles. The second-order valence-electron chi connectivity index (χ2n) is 6.22. The molecule has 0 bridgehead atoms. The Morgan fingerprint density at radius 2 is 2.00 bits per heavy atom. The number of phenolic OH excluding ortho intramolecular Hbond substituents is 1. The van der Waals surface area contributed by atoms with Gasteiger partial charge in [-0.05, 0) is 48.9 Å². The molecule has 29 heavy (non-hydrogen) atoms. The molecule has 1 aromatic heterocycles. The number of hydrogen-bond acceptors (Lipinski definition) is 7. The van der Waals surface area contributed by atoms with Crippen molar-refractivity contribution in [1.82, 2.24) is 4.68 Å². The molecule has 8 heteroatoms. The molecule has 1 N–H and O–H groups in total. The first-order chi connectivity index (χ1) is 14.2. The van der Waals surface area contributed by atoms with Crippen molar-refractivity contribution < 1.29 is 19.3 Å². The topological polar surface area (TPSA) is 77.6 Å². The smallest absolute Gasteiger partial charge is 0.206 e. The number of rotatable bonds is 5. The minimum absolute atomic E-state index is 0.0893. The summed E-state index contributed by atoms with van der Waals surface area (Å²) in [6, 6.07) is 10.9. The standard InChI is InChI=1S/C21H21N3O4S/c1-3-22-21-24(23-12-14-4-6-17(25)19(10-14)26-2)16(13-29-21)15-5-7-18-20(11-15)28-9-8-27-18/h4-7,10-13,25H,3,8-9H2,1-2H3/b22-21?,23-12+. The number of aromatic hydroxyl groups is 1. The molecule has 0 aliphatic carbocycles. The molecule has 1 aliphatic heterocycles. The third kappa shape index (κ3) is 3.97. The first-order valence-corrected chi connectivity index (χ1v) is 10.1. The quantitative estimate of drug-likeness (QED) is 0.652. The molecule has 0 amide bonds. The van der Waals surface area contributed by atoms with Crippen molar-refractivity contribution in [3.05, 3.63) is 52.1 Å². The van der Waals surface area contributed by atoms with E-state index >= 15 is 0 Å². The Labute approximate surface area is 172 Å². The molecule has 3 aromatic rings. The predicted molar refractivity (Wildman–Crippen MR) is 112 cm³/mol. The molecule has 0 unspecified atom stereocenters. The number of hydrogen-bond donors (Lipinski definition) is 1. The Morgan fingerprint density at radius 1 is 1.17 bits per heavy atom. The summed E-state index contributed by atoms with van der Waals surface area (Å²) < 4.78 is 18.3. The van der Waals surface area contributed by atoms with Crippen molar-refractivity contribution in [2.75, 3.05) is 26.9 Å². The number of methoxy groups -OCH3 is 1. The van der Waals surface area contributed by atoms with Gasteiger partial charge in [0.15, 0.2) is 23.0 Å². The largest absolute Gasteiger partial charge is 0.504 e. The monoisotopic (exact) mass is 411 g/mol. The van der Waals surface area contributed by atoms with E-state index in [9.17, 15) is 5.11 Å². The Morgan fingerprint density at radius 3 is 2.79 bits per heavy atom.